The van der Waals surface area contributed by atoms with Gasteiger partial charge in [-0.2, -0.15) is 0 Å². The maximum atomic E-state index is 2.31. The number of aryl methyl sites for hydroxylation is 1. The third kappa shape index (κ3) is 6.01. The molecule has 0 fully saturated rings. The van der Waals surface area contributed by atoms with Crippen molar-refractivity contribution < 1.29 is 0 Å². The van der Waals surface area contributed by atoms with Crippen LogP contribution >= 0.6 is 22.7 Å². The fraction of sp³-hybridized carbons (Fsp3) is 0.500. The molecule has 0 aromatic carbocycles. The molecule has 0 saturated carbocycles. The predicted octanol–water partition coefficient (Wildman–Crippen LogP) is 5.46. The molecular formula is C16H24S2Sn. The molecular weight excluding hydrogens is 375 g/mol. The number of rotatable bonds is 8. The van der Waals surface area contributed by atoms with Gasteiger partial charge < -0.3 is 0 Å². The summed E-state index contributed by atoms with van der Waals surface area (Å²) in [6.45, 7) is 2.28. The van der Waals surface area contributed by atoms with Crippen molar-refractivity contribution in [3.05, 3.63) is 34.5 Å². The standard InChI is InChI=1S/C16H22S2.Sn.2H/c1-2-3-4-5-6-7-9-14-11-12-16(18-14)15-10-8-13-17-15;;;/h8,10-13H,2-7,9H2,1H3;;;. The molecule has 2 rings (SSSR count). The van der Waals surface area contributed by atoms with E-state index in [2.05, 4.69) is 36.6 Å². The molecule has 0 aliphatic rings. The van der Waals surface area contributed by atoms with Gasteiger partial charge in [-0.25, -0.2) is 0 Å². The summed E-state index contributed by atoms with van der Waals surface area (Å²) in [5.74, 6) is 0. The van der Waals surface area contributed by atoms with Crippen molar-refractivity contribution in [1.29, 1.82) is 0 Å². The molecule has 0 aliphatic heterocycles. The molecule has 0 unspecified atom stereocenters. The van der Waals surface area contributed by atoms with Gasteiger partial charge in [-0.1, -0.05) is 45.1 Å². The van der Waals surface area contributed by atoms with E-state index in [1.165, 1.54) is 54.7 Å². The summed E-state index contributed by atoms with van der Waals surface area (Å²) in [6.07, 6.45) is 9.59. The van der Waals surface area contributed by atoms with Crippen molar-refractivity contribution >= 4 is 46.6 Å². The minimum absolute atomic E-state index is 0. The fourth-order valence-electron chi connectivity index (χ4n) is 2.14. The molecule has 0 aliphatic carbocycles. The van der Waals surface area contributed by atoms with E-state index in [0.29, 0.717) is 0 Å². The van der Waals surface area contributed by atoms with Crippen LogP contribution in [0.25, 0.3) is 9.75 Å². The van der Waals surface area contributed by atoms with Crippen molar-refractivity contribution in [2.24, 2.45) is 0 Å². The molecule has 2 aromatic heterocycles. The summed E-state index contributed by atoms with van der Waals surface area (Å²) in [6, 6.07) is 8.94. The van der Waals surface area contributed by atoms with Gasteiger partial charge in [0.2, 0.25) is 0 Å². The second kappa shape index (κ2) is 10.0. The molecule has 0 N–H and O–H groups in total. The molecule has 0 saturated heterocycles. The zero-order valence-electron chi connectivity index (χ0n) is 11.9. The second-order valence-electron chi connectivity index (χ2n) is 4.76. The van der Waals surface area contributed by atoms with Gasteiger partial charge in [0.25, 0.3) is 0 Å². The van der Waals surface area contributed by atoms with E-state index in [4.69, 9.17) is 0 Å². The SMILES string of the molecule is CCCCCCCCc1ccc(-c2cccs2)s1.[SnH2]. The zero-order valence-corrected chi connectivity index (χ0v) is 17.5. The van der Waals surface area contributed by atoms with Gasteiger partial charge in [0.1, 0.15) is 0 Å². The van der Waals surface area contributed by atoms with Crippen LogP contribution in [0.1, 0.15) is 50.3 Å². The Bertz CT molecular complexity index is 431. The molecule has 104 valence electrons. The molecule has 2 heterocycles. The van der Waals surface area contributed by atoms with Gasteiger partial charge in [0.15, 0.2) is 0 Å². The molecule has 0 atom stereocenters. The molecule has 19 heavy (non-hydrogen) atoms. The number of hydrogen-bond donors (Lipinski definition) is 0. The predicted molar refractivity (Wildman–Crippen MR) is 93.3 cm³/mol. The Morgan fingerprint density at radius 3 is 2.42 bits per heavy atom. The Balaban J connectivity index is 0.00000180. The van der Waals surface area contributed by atoms with Gasteiger partial charge >= 0.3 is 23.9 Å². The first-order chi connectivity index (χ1) is 8.90. The van der Waals surface area contributed by atoms with Crippen LogP contribution in [-0.4, -0.2) is 23.9 Å². The normalized spacial score (nSPS) is 10.4. The first kappa shape index (κ1) is 17.3. The second-order valence-corrected chi connectivity index (χ2v) is 6.88. The summed E-state index contributed by atoms with van der Waals surface area (Å²) in [5.41, 5.74) is 0. The summed E-state index contributed by atoms with van der Waals surface area (Å²) < 4.78 is 0. The van der Waals surface area contributed by atoms with E-state index in [1.54, 1.807) is 4.88 Å². The number of thiophene rings is 2. The van der Waals surface area contributed by atoms with Gasteiger partial charge in [-0.3, -0.25) is 0 Å². The summed E-state index contributed by atoms with van der Waals surface area (Å²) in [5, 5.41) is 2.16. The van der Waals surface area contributed by atoms with Crippen LogP contribution in [-0.2, 0) is 6.42 Å². The molecule has 0 spiro atoms. The summed E-state index contributed by atoms with van der Waals surface area (Å²) >= 11 is 3.81. The molecule has 2 radical (unpaired) electrons. The van der Waals surface area contributed by atoms with E-state index >= 15 is 0 Å². The summed E-state index contributed by atoms with van der Waals surface area (Å²) in [7, 11) is 0. The van der Waals surface area contributed by atoms with Crippen molar-refractivity contribution in [2.75, 3.05) is 0 Å². The van der Waals surface area contributed by atoms with E-state index in [0.717, 1.165) is 0 Å². The van der Waals surface area contributed by atoms with Crippen LogP contribution in [0.2, 0.25) is 0 Å². The quantitative estimate of drug-likeness (QED) is 0.408. The van der Waals surface area contributed by atoms with E-state index in [1.807, 2.05) is 22.7 Å². The van der Waals surface area contributed by atoms with Crippen LogP contribution in [0.15, 0.2) is 29.6 Å². The Morgan fingerprint density at radius 1 is 0.895 bits per heavy atom. The first-order valence-electron chi connectivity index (χ1n) is 7.02. The van der Waals surface area contributed by atoms with Crippen LogP contribution in [0.3, 0.4) is 0 Å². The third-order valence-electron chi connectivity index (χ3n) is 3.20. The van der Waals surface area contributed by atoms with Gasteiger partial charge in [0, 0.05) is 14.6 Å². The monoisotopic (exact) mass is 400 g/mol. The molecule has 0 bridgehead atoms. The summed E-state index contributed by atoms with van der Waals surface area (Å²) in [4.78, 5) is 4.40. The maximum absolute atomic E-state index is 2.31. The topological polar surface area (TPSA) is 0 Å². The average molecular weight is 399 g/mol. The molecule has 0 amide bonds. The van der Waals surface area contributed by atoms with Crippen LogP contribution in [0.5, 0.6) is 0 Å². The number of hydrogen-bond acceptors (Lipinski definition) is 2. The molecule has 2 aromatic rings. The molecule has 0 nitrogen and oxygen atoms in total. The van der Waals surface area contributed by atoms with Crippen LogP contribution in [0, 0.1) is 0 Å². The molecule has 3 heteroatoms. The van der Waals surface area contributed by atoms with Gasteiger partial charge in [0.05, 0.1) is 0 Å². The minimum atomic E-state index is 0. The first-order valence-corrected chi connectivity index (χ1v) is 8.72. The van der Waals surface area contributed by atoms with Crippen molar-refractivity contribution in [1.82, 2.24) is 0 Å². The van der Waals surface area contributed by atoms with Crippen LogP contribution in [0.4, 0.5) is 0 Å². The van der Waals surface area contributed by atoms with Crippen molar-refractivity contribution in [3.8, 4) is 9.75 Å². The van der Waals surface area contributed by atoms with E-state index in [9.17, 15) is 0 Å². The Labute approximate surface area is 142 Å². The zero-order chi connectivity index (χ0) is 12.6. The van der Waals surface area contributed by atoms with E-state index < -0.39 is 0 Å². The van der Waals surface area contributed by atoms with Gasteiger partial charge in [-0.05, 0) is 36.4 Å². The van der Waals surface area contributed by atoms with Crippen LogP contribution < -0.4 is 0 Å². The Kier molecular flexibility index (Phi) is 9.08. The third-order valence-corrected chi connectivity index (χ3v) is 5.41. The van der Waals surface area contributed by atoms with Crippen molar-refractivity contribution in [2.45, 2.75) is 51.9 Å². The Morgan fingerprint density at radius 2 is 1.68 bits per heavy atom. The van der Waals surface area contributed by atoms with E-state index in [-0.39, 0.29) is 23.9 Å². The average Bonchev–Trinajstić information content (AvgIpc) is 3.03. The fourth-order valence-corrected chi connectivity index (χ4v) is 4.03. The van der Waals surface area contributed by atoms with Crippen molar-refractivity contribution in [3.63, 3.8) is 0 Å². The van der Waals surface area contributed by atoms with Gasteiger partial charge in [-0.15, -0.1) is 22.7 Å². The Hall–Kier alpha value is 0.199. The number of unbranched alkanes of at least 4 members (excludes halogenated alkanes) is 5.